The van der Waals surface area contributed by atoms with Crippen LogP contribution in [0.4, 0.5) is 0 Å². The first-order chi connectivity index (χ1) is 10.1. The minimum absolute atomic E-state index is 0.0326. The predicted octanol–water partition coefficient (Wildman–Crippen LogP) is 2.79. The molecule has 2 aliphatic rings. The zero-order valence-electron chi connectivity index (χ0n) is 12.0. The normalized spacial score (nSPS) is 22.0. The molecule has 1 unspecified atom stereocenters. The third kappa shape index (κ3) is 3.50. The Balaban J connectivity index is 1.75. The number of hydrogen-bond donors (Lipinski definition) is 2. The van der Waals surface area contributed by atoms with Crippen molar-refractivity contribution in [2.45, 2.75) is 44.2 Å². The Bertz CT molecular complexity index is 525. The molecule has 0 radical (unpaired) electrons. The number of benzene rings is 1. The molecule has 1 aromatic carbocycles. The maximum absolute atomic E-state index is 12.7. The molecule has 114 valence electrons. The summed E-state index contributed by atoms with van der Waals surface area (Å²) >= 11 is 5.84. The highest BCUT2D eigenvalue weighted by molar-refractivity contribution is 6.30. The van der Waals surface area contributed by atoms with Crippen molar-refractivity contribution in [2.75, 3.05) is 13.1 Å². The van der Waals surface area contributed by atoms with Crippen molar-refractivity contribution in [1.82, 2.24) is 10.2 Å². The molecule has 21 heavy (non-hydrogen) atoms. The van der Waals surface area contributed by atoms with Crippen molar-refractivity contribution in [3.8, 4) is 5.75 Å². The van der Waals surface area contributed by atoms with Gasteiger partial charge >= 0.3 is 0 Å². The van der Waals surface area contributed by atoms with Crippen LogP contribution in [0.15, 0.2) is 18.2 Å². The highest BCUT2D eigenvalue weighted by Gasteiger charge is 2.35. The Morgan fingerprint density at radius 2 is 2.14 bits per heavy atom. The van der Waals surface area contributed by atoms with Gasteiger partial charge in [-0.1, -0.05) is 18.0 Å². The third-order valence-corrected chi connectivity index (χ3v) is 4.50. The SMILES string of the molecule is O=C(c1ccc(Cl)cc1O)N(CC1CCCCN1)C1CC1. The lowest BCUT2D eigenvalue weighted by atomic mass is 10.0. The van der Waals surface area contributed by atoms with Crippen molar-refractivity contribution in [1.29, 1.82) is 0 Å². The van der Waals surface area contributed by atoms with Crippen LogP contribution < -0.4 is 5.32 Å². The summed E-state index contributed by atoms with van der Waals surface area (Å²) in [6.45, 7) is 1.76. The number of phenols is 1. The first-order valence-electron chi connectivity index (χ1n) is 7.68. The molecule has 1 aromatic rings. The Kier molecular flexibility index (Phi) is 4.36. The molecule has 2 fully saturated rings. The maximum Gasteiger partial charge on any atom is 0.257 e. The summed E-state index contributed by atoms with van der Waals surface area (Å²) in [4.78, 5) is 14.6. The number of halogens is 1. The van der Waals surface area contributed by atoms with Gasteiger partial charge < -0.3 is 15.3 Å². The van der Waals surface area contributed by atoms with Crippen LogP contribution in [0.2, 0.25) is 5.02 Å². The van der Waals surface area contributed by atoms with Gasteiger partial charge in [0.1, 0.15) is 5.75 Å². The molecule has 1 aliphatic heterocycles. The molecule has 0 spiro atoms. The van der Waals surface area contributed by atoms with Crippen LogP contribution in [-0.4, -0.2) is 41.1 Å². The summed E-state index contributed by atoms with van der Waals surface area (Å²) in [6.07, 6.45) is 5.67. The number of amides is 1. The van der Waals surface area contributed by atoms with Gasteiger partial charge in [-0.2, -0.15) is 0 Å². The van der Waals surface area contributed by atoms with Crippen molar-refractivity contribution >= 4 is 17.5 Å². The highest BCUT2D eigenvalue weighted by atomic mass is 35.5. The molecular formula is C16H21ClN2O2. The fourth-order valence-electron chi connectivity index (χ4n) is 2.94. The minimum Gasteiger partial charge on any atom is -0.507 e. The zero-order valence-corrected chi connectivity index (χ0v) is 12.8. The van der Waals surface area contributed by atoms with Crippen LogP contribution in [0.1, 0.15) is 42.5 Å². The third-order valence-electron chi connectivity index (χ3n) is 4.27. The number of aromatic hydroxyl groups is 1. The number of carbonyl (C=O) groups excluding carboxylic acids is 1. The summed E-state index contributed by atoms with van der Waals surface area (Å²) in [5.74, 6) is -0.117. The monoisotopic (exact) mass is 308 g/mol. The van der Waals surface area contributed by atoms with Gasteiger partial charge in [0.25, 0.3) is 5.91 Å². The summed E-state index contributed by atoms with van der Waals surface area (Å²) in [7, 11) is 0. The van der Waals surface area contributed by atoms with E-state index in [1.54, 1.807) is 12.1 Å². The quantitative estimate of drug-likeness (QED) is 0.899. The van der Waals surface area contributed by atoms with Crippen molar-refractivity contribution in [2.24, 2.45) is 0 Å². The van der Waals surface area contributed by atoms with Gasteiger partial charge in [-0.25, -0.2) is 0 Å². The minimum atomic E-state index is -0.0842. The number of nitrogens with one attached hydrogen (secondary N) is 1. The lowest BCUT2D eigenvalue weighted by Crippen LogP contribution is -2.46. The second-order valence-corrected chi connectivity index (χ2v) is 6.43. The molecule has 5 heteroatoms. The lowest BCUT2D eigenvalue weighted by molar-refractivity contribution is 0.0715. The number of nitrogens with zero attached hydrogens (tertiary/aromatic N) is 1. The molecule has 3 rings (SSSR count). The Morgan fingerprint density at radius 1 is 1.33 bits per heavy atom. The number of phenolic OH excluding ortho intramolecular Hbond substituents is 1. The molecule has 1 aliphatic carbocycles. The fraction of sp³-hybridized carbons (Fsp3) is 0.562. The van der Waals surface area contributed by atoms with Crippen LogP contribution in [0.3, 0.4) is 0 Å². The smallest absolute Gasteiger partial charge is 0.257 e. The van der Waals surface area contributed by atoms with Gasteiger partial charge in [-0.05, 0) is 50.4 Å². The predicted molar refractivity (Wildman–Crippen MR) is 82.8 cm³/mol. The van der Waals surface area contributed by atoms with Gasteiger partial charge in [0, 0.05) is 23.7 Å². The van der Waals surface area contributed by atoms with E-state index in [2.05, 4.69) is 5.32 Å². The average Bonchev–Trinajstić information content (AvgIpc) is 3.30. The van der Waals surface area contributed by atoms with Gasteiger partial charge in [0.15, 0.2) is 0 Å². The summed E-state index contributed by atoms with van der Waals surface area (Å²) < 4.78 is 0. The molecule has 1 heterocycles. The number of piperidine rings is 1. The zero-order chi connectivity index (χ0) is 14.8. The maximum atomic E-state index is 12.7. The van der Waals surface area contributed by atoms with E-state index in [1.807, 2.05) is 4.90 Å². The van der Waals surface area contributed by atoms with E-state index in [1.165, 1.54) is 18.9 Å². The van der Waals surface area contributed by atoms with Crippen molar-refractivity contribution < 1.29 is 9.90 Å². The molecule has 4 nitrogen and oxygen atoms in total. The molecule has 1 amide bonds. The lowest BCUT2D eigenvalue weighted by Gasteiger charge is -2.31. The number of carbonyl (C=O) groups is 1. The number of rotatable bonds is 4. The largest absolute Gasteiger partial charge is 0.507 e. The highest BCUT2D eigenvalue weighted by Crippen LogP contribution is 2.31. The average molecular weight is 309 g/mol. The standard InChI is InChI=1S/C16H21ClN2O2/c17-11-4-7-14(15(20)9-11)16(21)19(13-5-6-13)10-12-3-1-2-8-18-12/h4,7,9,12-13,18,20H,1-3,5-6,8,10H2. The van der Waals surface area contributed by atoms with E-state index >= 15 is 0 Å². The van der Waals surface area contributed by atoms with Crippen molar-refractivity contribution in [3.63, 3.8) is 0 Å². The van der Waals surface area contributed by atoms with Gasteiger partial charge in [0.05, 0.1) is 5.56 Å². The molecule has 1 saturated heterocycles. The van der Waals surface area contributed by atoms with Gasteiger partial charge in [-0.15, -0.1) is 0 Å². The van der Waals surface area contributed by atoms with E-state index < -0.39 is 0 Å². The van der Waals surface area contributed by atoms with E-state index in [-0.39, 0.29) is 11.7 Å². The molecular weight excluding hydrogens is 288 g/mol. The summed E-state index contributed by atoms with van der Waals surface area (Å²) in [5.41, 5.74) is 0.349. The van der Waals surface area contributed by atoms with Crippen LogP contribution >= 0.6 is 11.6 Å². The molecule has 0 aromatic heterocycles. The van der Waals surface area contributed by atoms with Crippen LogP contribution in [0, 0.1) is 0 Å². The summed E-state index contributed by atoms with van der Waals surface area (Å²) in [5, 5.41) is 13.9. The van der Waals surface area contributed by atoms with Crippen LogP contribution in [0.25, 0.3) is 0 Å². The second-order valence-electron chi connectivity index (χ2n) is 6.00. The van der Waals surface area contributed by atoms with E-state index in [0.29, 0.717) is 22.7 Å². The summed E-state index contributed by atoms with van der Waals surface area (Å²) in [6, 6.07) is 5.40. The topological polar surface area (TPSA) is 52.6 Å². The van der Waals surface area contributed by atoms with Crippen LogP contribution in [-0.2, 0) is 0 Å². The van der Waals surface area contributed by atoms with Crippen LogP contribution in [0.5, 0.6) is 5.75 Å². The number of hydrogen-bond acceptors (Lipinski definition) is 3. The van der Waals surface area contributed by atoms with Gasteiger partial charge in [-0.3, -0.25) is 4.79 Å². The molecule has 1 saturated carbocycles. The van der Waals surface area contributed by atoms with Gasteiger partial charge in [0.2, 0.25) is 0 Å². The Hall–Kier alpha value is -1.26. The molecule has 0 bridgehead atoms. The Morgan fingerprint density at radius 3 is 2.76 bits per heavy atom. The van der Waals surface area contributed by atoms with E-state index in [4.69, 9.17) is 11.6 Å². The first-order valence-corrected chi connectivity index (χ1v) is 8.06. The van der Waals surface area contributed by atoms with E-state index in [9.17, 15) is 9.90 Å². The first kappa shape index (κ1) is 14.7. The van der Waals surface area contributed by atoms with Crippen molar-refractivity contribution in [3.05, 3.63) is 28.8 Å². The van der Waals surface area contributed by atoms with E-state index in [0.717, 1.165) is 32.4 Å². The Labute approximate surface area is 130 Å². The molecule has 2 N–H and O–H groups in total. The molecule has 1 atom stereocenters. The fourth-order valence-corrected chi connectivity index (χ4v) is 3.11. The second kappa shape index (κ2) is 6.24.